The van der Waals surface area contributed by atoms with Crippen molar-refractivity contribution in [2.45, 2.75) is 6.42 Å². The zero-order chi connectivity index (χ0) is 16.8. The van der Waals surface area contributed by atoms with E-state index in [-0.39, 0.29) is 24.2 Å². The smallest absolute Gasteiger partial charge is 0.321 e. The summed E-state index contributed by atoms with van der Waals surface area (Å²) in [6.45, 7) is 0. The number of carbonyl (C=O) groups is 1. The Bertz CT molecular complexity index is 806. The van der Waals surface area contributed by atoms with Gasteiger partial charge in [0.05, 0.1) is 6.42 Å². The van der Waals surface area contributed by atoms with E-state index in [1.165, 1.54) is 12.1 Å². The number of nitrogens with zero attached hydrogens (tertiary/aromatic N) is 2. The number of amides is 1. The van der Waals surface area contributed by atoms with Crippen molar-refractivity contribution in [3.05, 3.63) is 78.4 Å². The van der Waals surface area contributed by atoms with Crippen LogP contribution in [0.1, 0.15) is 5.56 Å². The van der Waals surface area contributed by atoms with E-state index in [4.69, 9.17) is 4.74 Å². The lowest BCUT2D eigenvalue weighted by Crippen LogP contribution is -2.14. The molecule has 0 saturated carbocycles. The van der Waals surface area contributed by atoms with Gasteiger partial charge in [0.1, 0.15) is 11.6 Å². The second-order valence-corrected chi connectivity index (χ2v) is 5.01. The fraction of sp³-hybridized carbons (Fsp3) is 0.0556. The van der Waals surface area contributed by atoms with Crippen LogP contribution in [0.4, 0.5) is 10.1 Å². The minimum atomic E-state index is -0.322. The van der Waals surface area contributed by atoms with E-state index >= 15 is 0 Å². The Morgan fingerprint density at radius 1 is 1.00 bits per heavy atom. The predicted molar refractivity (Wildman–Crippen MR) is 87.3 cm³/mol. The number of halogens is 1. The van der Waals surface area contributed by atoms with Gasteiger partial charge >= 0.3 is 6.01 Å². The van der Waals surface area contributed by atoms with Gasteiger partial charge in [-0.2, -0.15) is 0 Å². The van der Waals surface area contributed by atoms with E-state index < -0.39 is 0 Å². The van der Waals surface area contributed by atoms with E-state index in [0.717, 1.165) is 5.56 Å². The van der Waals surface area contributed by atoms with Crippen molar-refractivity contribution in [2.75, 3.05) is 5.32 Å². The molecule has 1 amide bonds. The normalized spacial score (nSPS) is 10.2. The van der Waals surface area contributed by atoms with Crippen molar-refractivity contribution in [1.82, 2.24) is 9.97 Å². The highest BCUT2D eigenvalue weighted by atomic mass is 19.1. The Balaban J connectivity index is 1.57. The van der Waals surface area contributed by atoms with Gasteiger partial charge in [-0.1, -0.05) is 12.1 Å². The van der Waals surface area contributed by atoms with Crippen LogP contribution in [-0.2, 0) is 11.2 Å². The molecule has 0 saturated heterocycles. The van der Waals surface area contributed by atoms with E-state index in [0.29, 0.717) is 11.4 Å². The van der Waals surface area contributed by atoms with Gasteiger partial charge in [-0.15, -0.1) is 0 Å². The number of rotatable bonds is 5. The molecule has 120 valence electrons. The van der Waals surface area contributed by atoms with Crippen molar-refractivity contribution < 1.29 is 13.9 Å². The van der Waals surface area contributed by atoms with Crippen molar-refractivity contribution in [3.8, 4) is 11.8 Å². The number of anilines is 1. The van der Waals surface area contributed by atoms with E-state index in [9.17, 15) is 9.18 Å². The summed E-state index contributed by atoms with van der Waals surface area (Å²) in [5, 5.41) is 2.78. The van der Waals surface area contributed by atoms with Crippen LogP contribution in [0, 0.1) is 5.82 Å². The molecule has 0 aliphatic rings. The highest BCUT2D eigenvalue weighted by Crippen LogP contribution is 2.20. The maximum atomic E-state index is 12.8. The molecular weight excluding hydrogens is 309 g/mol. The highest BCUT2D eigenvalue weighted by molar-refractivity contribution is 5.92. The molecule has 0 aliphatic heterocycles. The molecule has 0 spiro atoms. The highest BCUT2D eigenvalue weighted by Gasteiger charge is 2.05. The lowest BCUT2D eigenvalue weighted by molar-refractivity contribution is -0.115. The van der Waals surface area contributed by atoms with Crippen molar-refractivity contribution in [2.24, 2.45) is 0 Å². The van der Waals surface area contributed by atoms with Crippen LogP contribution in [0.3, 0.4) is 0 Å². The summed E-state index contributed by atoms with van der Waals surface area (Å²) >= 11 is 0. The van der Waals surface area contributed by atoms with Gasteiger partial charge in [-0.05, 0) is 48.0 Å². The second kappa shape index (κ2) is 7.32. The zero-order valence-corrected chi connectivity index (χ0v) is 12.6. The maximum Gasteiger partial charge on any atom is 0.321 e. The Labute approximate surface area is 138 Å². The van der Waals surface area contributed by atoms with Gasteiger partial charge in [-0.3, -0.25) is 4.79 Å². The van der Waals surface area contributed by atoms with Gasteiger partial charge in [-0.25, -0.2) is 14.4 Å². The first-order chi connectivity index (χ1) is 11.7. The fourth-order valence-electron chi connectivity index (χ4n) is 2.04. The molecule has 0 atom stereocenters. The van der Waals surface area contributed by atoms with Gasteiger partial charge < -0.3 is 10.1 Å². The summed E-state index contributed by atoms with van der Waals surface area (Å²) in [5.41, 5.74) is 1.39. The summed E-state index contributed by atoms with van der Waals surface area (Å²) < 4.78 is 18.3. The number of hydrogen-bond donors (Lipinski definition) is 1. The number of hydrogen-bond acceptors (Lipinski definition) is 4. The van der Waals surface area contributed by atoms with Crippen LogP contribution in [0.15, 0.2) is 67.0 Å². The monoisotopic (exact) mass is 323 g/mol. The average molecular weight is 323 g/mol. The molecule has 24 heavy (non-hydrogen) atoms. The van der Waals surface area contributed by atoms with E-state index in [1.807, 2.05) is 0 Å². The Kier molecular flexibility index (Phi) is 4.76. The molecule has 3 aromatic rings. The summed E-state index contributed by atoms with van der Waals surface area (Å²) in [4.78, 5) is 19.9. The lowest BCUT2D eigenvalue weighted by atomic mass is 10.1. The standard InChI is InChI=1S/C18H14FN3O2/c19-14-4-2-13(3-5-14)12-17(23)22-15-6-8-16(9-7-15)24-18-20-10-1-11-21-18/h1-11H,12H2,(H,22,23). The molecule has 6 heteroatoms. The first kappa shape index (κ1) is 15.6. The topological polar surface area (TPSA) is 64.1 Å². The molecule has 3 rings (SSSR count). The van der Waals surface area contributed by atoms with Crippen molar-refractivity contribution in [1.29, 1.82) is 0 Å². The quantitative estimate of drug-likeness (QED) is 0.779. The largest absolute Gasteiger partial charge is 0.424 e. The molecule has 0 aliphatic carbocycles. The Hall–Kier alpha value is -3.28. The third-order valence-corrected chi connectivity index (χ3v) is 3.17. The Morgan fingerprint density at radius 3 is 2.33 bits per heavy atom. The van der Waals surface area contributed by atoms with Crippen LogP contribution >= 0.6 is 0 Å². The molecule has 2 aromatic carbocycles. The third kappa shape index (κ3) is 4.36. The van der Waals surface area contributed by atoms with Crippen molar-refractivity contribution >= 4 is 11.6 Å². The number of nitrogens with one attached hydrogen (secondary N) is 1. The van der Waals surface area contributed by atoms with Crippen LogP contribution in [0.2, 0.25) is 0 Å². The zero-order valence-electron chi connectivity index (χ0n) is 12.6. The van der Waals surface area contributed by atoms with Crippen LogP contribution in [0.5, 0.6) is 11.8 Å². The van der Waals surface area contributed by atoms with Crippen LogP contribution in [0.25, 0.3) is 0 Å². The molecule has 0 fully saturated rings. The summed E-state index contributed by atoms with van der Waals surface area (Å²) in [6.07, 6.45) is 3.36. The van der Waals surface area contributed by atoms with Crippen LogP contribution < -0.4 is 10.1 Å². The summed E-state index contributed by atoms with van der Waals surface area (Å²) in [7, 11) is 0. The maximum absolute atomic E-state index is 12.8. The minimum Gasteiger partial charge on any atom is -0.424 e. The molecule has 0 unspecified atom stereocenters. The van der Waals surface area contributed by atoms with Gasteiger partial charge in [0.15, 0.2) is 0 Å². The molecule has 0 radical (unpaired) electrons. The number of ether oxygens (including phenoxy) is 1. The summed E-state index contributed by atoms with van der Waals surface area (Å²) in [5.74, 6) is 0.0662. The van der Waals surface area contributed by atoms with E-state index in [1.54, 1.807) is 54.9 Å². The first-order valence-electron chi connectivity index (χ1n) is 7.28. The van der Waals surface area contributed by atoms with Crippen LogP contribution in [-0.4, -0.2) is 15.9 Å². The summed E-state index contributed by atoms with van der Waals surface area (Å²) in [6, 6.07) is 14.7. The van der Waals surface area contributed by atoms with E-state index in [2.05, 4.69) is 15.3 Å². The lowest BCUT2D eigenvalue weighted by Gasteiger charge is -2.07. The van der Waals surface area contributed by atoms with Gasteiger partial charge in [0.25, 0.3) is 0 Å². The SMILES string of the molecule is O=C(Cc1ccc(F)cc1)Nc1ccc(Oc2ncccn2)cc1. The molecular formula is C18H14FN3O2. The molecule has 1 N–H and O–H groups in total. The molecule has 5 nitrogen and oxygen atoms in total. The minimum absolute atomic E-state index is 0.177. The second-order valence-electron chi connectivity index (χ2n) is 5.01. The Morgan fingerprint density at radius 2 is 1.67 bits per heavy atom. The average Bonchev–Trinajstić information content (AvgIpc) is 2.60. The third-order valence-electron chi connectivity index (χ3n) is 3.17. The van der Waals surface area contributed by atoms with Gasteiger partial charge in [0, 0.05) is 18.1 Å². The predicted octanol–water partition coefficient (Wildman–Crippen LogP) is 3.59. The fourth-order valence-corrected chi connectivity index (χ4v) is 2.04. The number of benzene rings is 2. The number of carbonyl (C=O) groups excluding carboxylic acids is 1. The molecule has 0 bridgehead atoms. The van der Waals surface area contributed by atoms with Crippen molar-refractivity contribution in [3.63, 3.8) is 0 Å². The first-order valence-corrected chi connectivity index (χ1v) is 7.28. The number of aromatic nitrogens is 2. The molecule has 1 heterocycles. The van der Waals surface area contributed by atoms with Gasteiger partial charge in [0.2, 0.25) is 5.91 Å². The molecule has 1 aromatic heterocycles.